The van der Waals surface area contributed by atoms with Crippen molar-refractivity contribution in [2.45, 2.75) is 45.1 Å². The molecule has 0 spiro atoms. The maximum absolute atomic E-state index is 13.4. The van der Waals surface area contributed by atoms with Crippen LogP contribution in [0.4, 0.5) is 5.69 Å². The van der Waals surface area contributed by atoms with Gasteiger partial charge in [0.05, 0.1) is 40.3 Å². The number of hydrogen-bond donors (Lipinski definition) is 2. The van der Waals surface area contributed by atoms with Crippen molar-refractivity contribution in [3.05, 3.63) is 46.6 Å². The van der Waals surface area contributed by atoms with Gasteiger partial charge < -0.3 is 25.6 Å². The Morgan fingerprint density at radius 1 is 1.15 bits per heavy atom. The first-order valence-corrected chi connectivity index (χ1v) is 14.6. The summed E-state index contributed by atoms with van der Waals surface area (Å²) in [4.78, 5) is 51.3. The zero-order chi connectivity index (χ0) is 28.4. The van der Waals surface area contributed by atoms with E-state index in [2.05, 4.69) is 47.4 Å². The highest BCUT2D eigenvalue weighted by Crippen LogP contribution is 2.36. The predicted molar refractivity (Wildman–Crippen MR) is 154 cm³/mol. The number of nitrogens with zero attached hydrogens (tertiary/aromatic N) is 4. The molecule has 2 aliphatic heterocycles. The van der Waals surface area contributed by atoms with Crippen LogP contribution < -0.4 is 15.8 Å². The second-order valence-electron chi connectivity index (χ2n) is 11.0. The molecule has 3 N–H and O–H groups in total. The molecule has 40 heavy (non-hydrogen) atoms. The Morgan fingerprint density at radius 3 is 2.65 bits per heavy atom. The molecule has 10 nitrogen and oxygen atoms in total. The fourth-order valence-corrected chi connectivity index (χ4v) is 6.76. The molecule has 3 aromatic rings. The second kappa shape index (κ2) is 11.9. The van der Waals surface area contributed by atoms with Gasteiger partial charge in [0, 0.05) is 13.0 Å². The number of thiazole rings is 1. The average molecular weight is 565 g/mol. The normalized spacial score (nSPS) is 20.4. The molecule has 4 heterocycles. The van der Waals surface area contributed by atoms with Crippen LogP contribution >= 0.6 is 11.3 Å². The molecule has 0 saturated carbocycles. The topological polar surface area (TPSA) is 131 Å². The van der Waals surface area contributed by atoms with Gasteiger partial charge in [-0.3, -0.25) is 14.4 Å². The van der Waals surface area contributed by atoms with Crippen LogP contribution in [-0.4, -0.2) is 71.3 Å². The smallest absolute Gasteiger partial charge is 0.313 e. The van der Waals surface area contributed by atoms with Gasteiger partial charge in [0.1, 0.15) is 5.56 Å². The number of primary amides is 1. The SMILES string of the molecule is COc1ncc(NC(=O)C(=O)N2C[C@@H](C)CC[C@@H]2c2ccc3sc(CC4CCN(C)CC4)nc3c2)cc1C(N)=O. The maximum atomic E-state index is 13.4. The number of ether oxygens (including phenoxy) is 1. The Morgan fingerprint density at radius 2 is 1.93 bits per heavy atom. The summed E-state index contributed by atoms with van der Waals surface area (Å²) in [6.07, 6.45) is 6.45. The van der Waals surface area contributed by atoms with Crippen molar-refractivity contribution in [1.82, 2.24) is 19.8 Å². The summed E-state index contributed by atoms with van der Waals surface area (Å²) in [5.41, 5.74) is 7.55. The Kier molecular flexibility index (Phi) is 8.32. The van der Waals surface area contributed by atoms with Gasteiger partial charge in [-0.15, -0.1) is 11.3 Å². The van der Waals surface area contributed by atoms with Gasteiger partial charge in [-0.2, -0.15) is 0 Å². The Hall–Kier alpha value is -3.57. The van der Waals surface area contributed by atoms with Crippen LogP contribution in [0, 0.1) is 11.8 Å². The highest BCUT2D eigenvalue weighted by molar-refractivity contribution is 7.18. The number of benzene rings is 1. The summed E-state index contributed by atoms with van der Waals surface area (Å²) in [6.45, 7) is 4.83. The molecule has 2 fully saturated rings. The summed E-state index contributed by atoms with van der Waals surface area (Å²) in [5, 5.41) is 3.74. The molecular formula is C29H36N6O4S. The monoisotopic (exact) mass is 564 g/mol. The molecule has 2 aliphatic rings. The zero-order valence-electron chi connectivity index (χ0n) is 23.2. The molecule has 0 bridgehead atoms. The first-order chi connectivity index (χ1) is 19.2. The van der Waals surface area contributed by atoms with Gasteiger partial charge in [-0.1, -0.05) is 13.0 Å². The number of hydrogen-bond acceptors (Lipinski definition) is 8. The maximum Gasteiger partial charge on any atom is 0.313 e. The lowest BCUT2D eigenvalue weighted by Crippen LogP contribution is -2.46. The van der Waals surface area contributed by atoms with Gasteiger partial charge >= 0.3 is 11.8 Å². The summed E-state index contributed by atoms with van der Waals surface area (Å²) in [5.74, 6) is -1.19. The van der Waals surface area contributed by atoms with E-state index in [9.17, 15) is 14.4 Å². The molecule has 0 aliphatic carbocycles. The van der Waals surface area contributed by atoms with Crippen molar-refractivity contribution < 1.29 is 19.1 Å². The van der Waals surface area contributed by atoms with Gasteiger partial charge in [-0.05, 0) is 81.4 Å². The molecule has 3 amide bonds. The molecular weight excluding hydrogens is 528 g/mol. The van der Waals surface area contributed by atoms with Crippen LogP contribution in [0.15, 0.2) is 30.5 Å². The number of fused-ring (bicyclic) bond motifs is 1. The number of likely N-dealkylation sites (tertiary alicyclic amines) is 2. The lowest BCUT2D eigenvalue weighted by molar-refractivity contribution is -0.146. The molecule has 212 valence electrons. The van der Waals surface area contributed by atoms with E-state index in [-0.39, 0.29) is 29.1 Å². The van der Waals surface area contributed by atoms with Gasteiger partial charge in [-0.25, -0.2) is 9.97 Å². The Labute approximate surface area is 237 Å². The zero-order valence-corrected chi connectivity index (χ0v) is 24.0. The lowest BCUT2D eigenvalue weighted by atomic mass is 9.89. The fraction of sp³-hybridized carbons (Fsp3) is 0.483. The van der Waals surface area contributed by atoms with E-state index in [1.165, 1.54) is 32.2 Å². The lowest BCUT2D eigenvalue weighted by Gasteiger charge is -2.38. The van der Waals surface area contributed by atoms with Gasteiger partial charge in [0.2, 0.25) is 5.88 Å². The summed E-state index contributed by atoms with van der Waals surface area (Å²) < 4.78 is 6.19. The minimum atomic E-state index is -0.795. The highest BCUT2D eigenvalue weighted by atomic mass is 32.1. The van der Waals surface area contributed by atoms with Crippen molar-refractivity contribution in [3.63, 3.8) is 0 Å². The third kappa shape index (κ3) is 6.10. The van der Waals surface area contributed by atoms with Crippen molar-refractivity contribution in [1.29, 1.82) is 0 Å². The summed E-state index contributed by atoms with van der Waals surface area (Å²) in [7, 11) is 3.54. The first kappa shape index (κ1) is 28.0. The third-order valence-electron chi connectivity index (χ3n) is 7.98. The minimum Gasteiger partial charge on any atom is -0.480 e. The quantitative estimate of drug-likeness (QED) is 0.437. The van der Waals surface area contributed by atoms with E-state index < -0.39 is 17.7 Å². The van der Waals surface area contributed by atoms with Crippen molar-refractivity contribution in [2.75, 3.05) is 39.1 Å². The fourth-order valence-electron chi connectivity index (χ4n) is 5.70. The van der Waals surface area contributed by atoms with E-state index in [0.29, 0.717) is 12.5 Å². The number of pyridine rings is 1. The summed E-state index contributed by atoms with van der Waals surface area (Å²) >= 11 is 1.75. The van der Waals surface area contributed by atoms with E-state index >= 15 is 0 Å². The number of nitrogens with two attached hydrogens (primary N) is 1. The first-order valence-electron chi connectivity index (χ1n) is 13.8. The second-order valence-corrected chi connectivity index (χ2v) is 12.2. The van der Waals surface area contributed by atoms with E-state index in [1.807, 2.05) is 0 Å². The largest absolute Gasteiger partial charge is 0.480 e. The van der Waals surface area contributed by atoms with Crippen molar-refractivity contribution in [2.24, 2.45) is 17.6 Å². The number of aromatic nitrogens is 2. The van der Waals surface area contributed by atoms with Crippen molar-refractivity contribution in [3.8, 4) is 5.88 Å². The molecule has 0 unspecified atom stereocenters. The summed E-state index contributed by atoms with van der Waals surface area (Å²) in [6, 6.07) is 7.36. The number of carbonyl (C=O) groups excluding carboxylic acids is 3. The Bertz CT molecular complexity index is 1420. The van der Waals surface area contributed by atoms with Gasteiger partial charge in [0.15, 0.2) is 0 Å². The van der Waals surface area contributed by atoms with Gasteiger partial charge in [0.25, 0.3) is 5.91 Å². The third-order valence-corrected chi connectivity index (χ3v) is 9.04. The average Bonchev–Trinajstić information content (AvgIpc) is 3.35. The van der Waals surface area contributed by atoms with Crippen molar-refractivity contribution >= 4 is 45.0 Å². The number of methoxy groups -OCH3 is 1. The molecule has 1 aromatic carbocycles. The molecule has 5 rings (SSSR count). The van der Waals surface area contributed by atoms with Crippen LogP contribution in [-0.2, 0) is 16.0 Å². The molecule has 2 saturated heterocycles. The number of nitrogens with one attached hydrogen (secondary N) is 1. The minimum absolute atomic E-state index is 0.0176. The van der Waals surface area contributed by atoms with E-state index in [4.69, 9.17) is 15.5 Å². The molecule has 0 radical (unpaired) electrons. The van der Waals surface area contributed by atoms with E-state index in [0.717, 1.165) is 53.1 Å². The number of carbonyl (C=O) groups is 3. The number of amides is 3. The molecule has 2 aromatic heterocycles. The van der Waals surface area contributed by atoms with Crippen LogP contribution in [0.1, 0.15) is 59.6 Å². The molecule has 2 atom stereocenters. The Balaban J connectivity index is 1.33. The number of anilines is 1. The highest BCUT2D eigenvalue weighted by Gasteiger charge is 2.34. The van der Waals surface area contributed by atoms with Crippen LogP contribution in [0.2, 0.25) is 0 Å². The van der Waals surface area contributed by atoms with E-state index in [1.54, 1.807) is 16.2 Å². The molecule has 11 heteroatoms. The standard InChI is InChI=1S/C29H36N6O4S/c1-17-4-6-23(19-5-7-24-22(13-19)33-25(40-24)12-18-8-10-34(2)11-9-18)35(16-17)29(38)27(37)32-20-14-21(26(30)36)28(39-3)31-15-20/h5,7,13-15,17-18,23H,4,6,8-12,16H2,1-3H3,(H2,30,36)(H,32,37)/t17-,23+/m0/s1. The predicted octanol–water partition coefficient (Wildman–Crippen LogP) is 3.62. The van der Waals surface area contributed by atoms with Crippen LogP contribution in [0.3, 0.4) is 0 Å². The van der Waals surface area contributed by atoms with Crippen LogP contribution in [0.25, 0.3) is 10.2 Å². The number of rotatable bonds is 6. The number of piperidine rings is 2. The van der Waals surface area contributed by atoms with Crippen LogP contribution in [0.5, 0.6) is 5.88 Å².